The average molecular weight is 267 g/mol. The highest BCUT2D eigenvalue weighted by atomic mass is 35.5. The Kier molecular flexibility index (Phi) is 3.72. The first-order chi connectivity index (χ1) is 8.58. The van der Waals surface area contributed by atoms with Gasteiger partial charge in [-0.3, -0.25) is 4.79 Å². The van der Waals surface area contributed by atoms with Crippen molar-refractivity contribution in [3.05, 3.63) is 70.2 Å². The van der Waals surface area contributed by atoms with E-state index >= 15 is 0 Å². The van der Waals surface area contributed by atoms with Crippen LogP contribution >= 0.6 is 11.6 Å². The van der Waals surface area contributed by atoms with Crippen molar-refractivity contribution < 1.29 is 13.6 Å². The largest absolute Gasteiger partial charge is 0.294 e. The minimum atomic E-state index is -0.923. The van der Waals surface area contributed by atoms with E-state index in [9.17, 15) is 13.6 Å². The first kappa shape index (κ1) is 12.7. The van der Waals surface area contributed by atoms with Crippen LogP contribution in [-0.2, 0) is 6.42 Å². The number of rotatable bonds is 3. The monoisotopic (exact) mass is 266 g/mol. The van der Waals surface area contributed by atoms with Crippen LogP contribution in [0.5, 0.6) is 0 Å². The van der Waals surface area contributed by atoms with Gasteiger partial charge in [-0.25, -0.2) is 8.78 Å². The predicted molar refractivity (Wildman–Crippen MR) is 65.8 cm³/mol. The van der Waals surface area contributed by atoms with Crippen LogP contribution in [0.3, 0.4) is 0 Å². The van der Waals surface area contributed by atoms with Gasteiger partial charge in [-0.05, 0) is 17.7 Å². The van der Waals surface area contributed by atoms with Gasteiger partial charge < -0.3 is 0 Å². The van der Waals surface area contributed by atoms with Crippen LogP contribution in [0.15, 0.2) is 42.5 Å². The third-order valence-corrected chi connectivity index (χ3v) is 2.87. The molecule has 0 radical (unpaired) electrons. The van der Waals surface area contributed by atoms with Crippen LogP contribution < -0.4 is 0 Å². The fourth-order valence-electron chi connectivity index (χ4n) is 1.60. The lowest BCUT2D eigenvalue weighted by Gasteiger charge is -2.03. The number of ketones is 1. The Labute approximate surface area is 108 Å². The fraction of sp³-hybridized carbons (Fsp3) is 0.0714. The van der Waals surface area contributed by atoms with Gasteiger partial charge in [0.05, 0.1) is 0 Å². The van der Waals surface area contributed by atoms with Gasteiger partial charge >= 0.3 is 0 Å². The first-order valence-electron chi connectivity index (χ1n) is 5.29. The minimum Gasteiger partial charge on any atom is -0.294 e. The maximum atomic E-state index is 13.2. The number of hydrogen-bond donors (Lipinski definition) is 0. The summed E-state index contributed by atoms with van der Waals surface area (Å²) in [6.45, 7) is 0. The highest BCUT2D eigenvalue weighted by molar-refractivity contribution is 6.31. The Bertz CT molecular complexity index is 559. The Morgan fingerprint density at radius 3 is 2.17 bits per heavy atom. The van der Waals surface area contributed by atoms with E-state index in [2.05, 4.69) is 0 Å². The summed E-state index contributed by atoms with van der Waals surface area (Å²) < 4.78 is 26.4. The molecule has 0 aromatic heterocycles. The molecule has 0 aliphatic heterocycles. The molecule has 2 aromatic rings. The van der Waals surface area contributed by atoms with E-state index in [1.807, 2.05) is 6.07 Å². The van der Waals surface area contributed by atoms with Crippen LogP contribution in [0, 0.1) is 11.6 Å². The molecule has 0 aliphatic rings. The second-order valence-corrected chi connectivity index (χ2v) is 4.22. The van der Waals surface area contributed by atoms with Crippen molar-refractivity contribution in [3.8, 4) is 0 Å². The highest BCUT2D eigenvalue weighted by Gasteiger charge is 2.14. The molecule has 4 heteroatoms. The lowest BCUT2D eigenvalue weighted by molar-refractivity contribution is 0.0992. The maximum absolute atomic E-state index is 13.2. The first-order valence-corrected chi connectivity index (χ1v) is 5.67. The molecule has 0 amide bonds. The van der Waals surface area contributed by atoms with Crippen LogP contribution in [0.1, 0.15) is 15.9 Å². The van der Waals surface area contributed by atoms with Crippen LogP contribution in [0.2, 0.25) is 5.02 Å². The summed E-state index contributed by atoms with van der Waals surface area (Å²) in [7, 11) is 0. The van der Waals surface area contributed by atoms with Crippen molar-refractivity contribution in [2.45, 2.75) is 6.42 Å². The van der Waals surface area contributed by atoms with E-state index in [-0.39, 0.29) is 17.8 Å². The number of hydrogen-bond acceptors (Lipinski definition) is 1. The summed E-state index contributed by atoms with van der Waals surface area (Å²) in [4.78, 5) is 11.9. The summed E-state index contributed by atoms with van der Waals surface area (Å²) in [6, 6.07) is 10.9. The van der Waals surface area contributed by atoms with Gasteiger partial charge in [0.1, 0.15) is 16.7 Å². The van der Waals surface area contributed by atoms with Gasteiger partial charge in [-0.15, -0.1) is 0 Å². The minimum absolute atomic E-state index is 0.0155. The van der Waals surface area contributed by atoms with Crippen molar-refractivity contribution in [1.29, 1.82) is 0 Å². The molecular weight excluding hydrogens is 258 g/mol. The summed E-state index contributed by atoms with van der Waals surface area (Å²) in [5, 5.41) is -0.591. The third kappa shape index (κ3) is 2.74. The third-order valence-electron chi connectivity index (χ3n) is 2.51. The fourth-order valence-corrected chi connectivity index (χ4v) is 1.71. The molecule has 0 heterocycles. The Morgan fingerprint density at radius 2 is 1.61 bits per heavy atom. The van der Waals surface area contributed by atoms with Gasteiger partial charge in [0, 0.05) is 12.0 Å². The molecule has 1 nitrogen and oxygen atoms in total. The van der Waals surface area contributed by atoms with E-state index in [1.165, 1.54) is 0 Å². The molecule has 92 valence electrons. The lowest BCUT2D eigenvalue weighted by Crippen LogP contribution is -2.05. The van der Waals surface area contributed by atoms with Crippen molar-refractivity contribution in [1.82, 2.24) is 0 Å². The average Bonchev–Trinajstić information content (AvgIpc) is 2.36. The molecule has 0 saturated heterocycles. The quantitative estimate of drug-likeness (QED) is 0.605. The molecule has 0 spiro atoms. The standard InChI is InChI=1S/C14H9ClF2O/c15-14-11(16)7-10(8-12(14)17)13(18)6-9-4-2-1-3-5-9/h1-5,7-8H,6H2. The number of carbonyl (C=O) groups excluding carboxylic acids is 1. The molecule has 0 fully saturated rings. The topological polar surface area (TPSA) is 17.1 Å². The Balaban J connectivity index is 2.25. The normalized spacial score (nSPS) is 10.4. The highest BCUT2D eigenvalue weighted by Crippen LogP contribution is 2.21. The van der Waals surface area contributed by atoms with Crippen molar-refractivity contribution in [3.63, 3.8) is 0 Å². The van der Waals surface area contributed by atoms with Crippen LogP contribution in [-0.4, -0.2) is 5.78 Å². The Morgan fingerprint density at radius 1 is 1.06 bits per heavy atom. The number of benzene rings is 2. The van der Waals surface area contributed by atoms with E-state index in [0.717, 1.165) is 17.7 Å². The predicted octanol–water partition coefficient (Wildman–Crippen LogP) is 4.04. The molecule has 18 heavy (non-hydrogen) atoms. The van der Waals surface area contributed by atoms with Gasteiger partial charge in [0.25, 0.3) is 0 Å². The smallest absolute Gasteiger partial charge is 0.167 e. The van der Waals surface area contributed by atoms with Crippen molar-refractivity contribution >= 4 is 17.4 Å². The molecule has 0 unspecified atom stereocenters. The molecule has 0 bridgehead atoms. The van der Waals surface area contributed by atoms with E-state index in [0.29, 0.717) is 0 Å². The van der Waals surface area contributed by atoms with E-state index in [4.69, 9.17) is 11.6 Å². The summed E-state index contributed by atoms with van der Waals surface area (Å²) in [5.41, 5.74) is 0.775. The van der Waals surface area contributed by atoms with E-state index < -0.39 is 16.7 Å². The molecule has 0 saturated carbocycles. The Hall–Kier alpha value is -1.74. The second kappa shape index (κ2) is 5.27. The zero-order chi connectivity index (χ0) is 13.1. The molecule has 2 rings (SSSR count). The lowest BCUT2D eigenvalue weighted by atomic mass is 10.0. The van der Waals surface area contributed by atoms with E-state index in [1.54, 1.807) is 24.3 Å². The van der Waals surface area contributed by atoms with Crippen LogP contribution in [0.4, 0.5) is 8.78 Å². The maximum Gasteiger partial charge on any atom is 0.167 e. The number of halogens is 3. The summed E-state index contributed by atoms with van der Waals surface area (Å²) in [6.07, 6.45) is 0.0986. The zero-order valence-corrected chi connectivity index (χ0v) is 10.0. The zero-order valence-electron chi connectivity index (χ0n) is 9.29. The second-order valence-electron chi connectivity index (χ2n) is 3.84. The number of Topliss-reactive ketones (excluding diaryl/α,β-unsaturated/α-hetero) is 1. The SMILES string of the molecule is O=C(Cc1ccccc1)c1cc(F)c(Cl)c(F)c1. The summed E-state index contributed by atoms with van der Waals surface area (Å²) >= 11 is 5.35. The van der Waals surface area contributed by atoms with Crippen LogP contribution in [0.25, 0.3) is 0 Å². The molecule has 0 atom stereocenters. The molecule has 0 N–H and O–H groups in total. The number of carbonyl (C=O) groups is 1. The van der Waals surface area contributed by atoms with Crippen molar-refractivity contribution in [2.24, 2.45) is 0 Å². The molecular formula is C14H9ClF2O. The van der Waals surface area contributed by atoms with Gasteiger partial charge in [-0.2, -0.15) is 0 Å². The van der Waals surface area contributed by atoms with Gasteiger partial charge in [0.2, 0.25) is 0 Å². The molecule has 0 aliphatic carbocycles. The van der Waals surface area contributed by atoms with Crippen molar-refractivity contribution in [2.75, 3.05) is 0 Å². The van der Waals surface area contributed by atoms with Gasteiger partial charge in [-0.1, -0.05) is 41.9 Å². The summed E-state index contributed by atoms with van der Waals surface area (Å²) in [5.74, 6) is -2.20. The van der Waals surface area contributed by atoms with Gasteiger partial charge in [0.15, 0.2) is 5.78 Å². The molecule has 2 aromatic carbocycles.